The number of benzene rings is 1. The summed E-state index contributed by atoms with van der Waals surface area (Å²) in [5, 5.41) is 9.70. The van der Waals surface area contributed by atoms with Crippen molar-refractivity contribution in [3.63, 3.8) is 0 Å². The fourth-order valence-corrected chi connectivity index (χ4v) is 4.93. The molecule has 1 aliphatic heterocycles. The summed E-state index contributed by atoms with van der Waals surface area (Å²) in [5.41, 5.74) is 13.7. The number of nitrogens with two attached hydrogens (primary N) is 1. The average molecular weight is 459 g/mol. The molecule has 2 bridgehead atoms. The van der Waals surface area contributed by atoms with E-state index in [1.165, 1.54) is 25.0 Å². The highest BCUT2D eigenvalue weighted by atomic mass is 19.1. The standard InChI is InChI=1S/C26H27FN6O/c1-14-21-8-18-13-32(3)31-24(18)20-7-6-19(27)10-22(20)15(2)34-23-9-17(11-29-26(23)28)25(21)33(30-14)12-16-4-5-16/h6-7,9-11,13,15-16H,4-5,8,12H2,1-3H3,(H2,28,29). The van der Waals surface area contributed by atoms with E-state index in [2.05, 4.69) is 16.6 Å². The number of pyridine rings is 1. The van der Waals surface area contributed by atoms with E-state index < -0.39 is 6.10 Å². The highest BCUT2D eigenvalue weighted by Gasteiger charge is 2.28. The van der Waals surface area contributed by atoms with Crippen LogP contribution in [0.25, 0.3) is 22.5 Å². The number of nitrogen functional groups attached to an aromatic ring is 1. The Bertz CT molecular complexity index is 1420. The van der Waals surface area contributed by atoms with E-state index in [9.17, 15) is 4.39 Å². The summed E-state index contributed by atoms with van der Waals surface area (Å²) in [5.74, 6) is 1.12. The van der Waals surface area contributed by atoms with Gasteiger partial charge in [-0.1, -0.05) is 0 Å². The second-order valence-corrected chi connectivity index (χ2v) is 9.49. The molecule has 0 radical (unpaired) electrons. The number of aromatic nitrogens is 5. The van der Waals surface area contributed by atoms with Gasteiger partial charge in [-0.25, -0.2) is 9.37 Å². The normalized spacial score (nSPS) is 17.1. The SMILES string of the molecule is Cc1nn(CC2CC2)c2c1Cc1cn(C)nc1-c1ccc(F)cc1C(C)Oc1cc-2cnc1N. The molecule has 7 nitrogen and oxygen atoms in total. The van der Waals surface area contributed by atoms with Gasteiger partial charge in [0.2, 0.25) is 0 Å². The van der Waals surface area contributed by atoms with E-state index in [-0.39, 0.29) is 5.82 Å². The maximum absolute atomic E-state index is 14.3. The first-order chi connectivity index (χ1) is 16.4. The van der Waals surface area contributed by atoms with Crippen LogP contribution in [0.15, 0.2) is 36.7 Å². The third kappa shape index (κ3) is 3.54. The topological polar surface area (TPSA) is 83.8 Å². The summed E-state index contributed by atoms with van der Waals surface area (Å²) in [6, 6.07) is 6.70. The van der Waals surface area contributed by atoms with Gasteiger partial charge in [-0.3, -0.25) is 9.36 Å². The molecule has 1 fully saturated rings. The molecule has 174 valence electrons. The van der Waals surface area contributed by atoms with Gasteiger partial charge < -0.3 is 10.5 Å². The first-order valence-corrected chi connectivity index (χ1v) is 11.7. The van der Waals surface area contributed by atoms with Crippen LogP contribution >= 0.6 is 0 Å². The van der Waals surface area contributed by atoms with Crippen LogP contribution in [-0.2, 0) is 20.0 Å². The molecule has 0 spiro atoms. The van der Waals surface area contributed by atoms with Gasteiger partial charge in [0.1, 0.15) is 11.9 Å². The smallest absolute Gasteiger partial charge is 0.166 e. The summed E-state index contributed by atoms with van der Waals surface area (Å²) >= 11 is 0. The van der Waals surface area contributed by atoms with E-state index in [0.717, 1.165) is 45.9 Å². The molecule has 1 atom stereocenters. The lowest BCUT2D eigenvalue weighted by Gasteiger charge is -2.21. The molecule has 4 heterocycles. The van der Waals surface area contributed by atoms with Gasteiger partial charge in [0.05, 0.1) is 17.1 Å². The Kier molecular flexibility index (Phi) is 4.72. The van der Waals surface area contributed by atoms with Crippen molar-refractivity contribution < 1.29 is 9.13 Å². The Hall–Kier alpha value is -3.68. The van der Waals surface area contributed by atoms with Gasteiger partial charge in [-0.05, 0) is 56.9 Å². The molecule has 1 aromatic carbocycles. The number of fused-ring (bicyclic) bond motifs is 7. The van der Waals surface area contributed by atoms with Crippen LogP contribution in [-0.4, -0.2) is 24.5 Å². The zero-order chi connectivity index (χ0) is 23.6. The van der Waals surface area contributed by atoms with Crippen LogP contribution in [0.4, 0.5) is 10.2 Å². The van der Waals surface area contributed by atoms with Crippen molar-refractivity contribution in [2.45, 2.75) is 45.8 Å². The molecular formula is C26H27FN6O. The second-order valence-electron chi connectivity index (χ2n) is 9.49. The Balaban J connectivity index is 1.62. The zero-order valence-corrected chi connectivity index (χ0v) is 19.5. The second kappa shape index (κ2) is 7.68. The molecule has 1 unspecified atom stereocenters. The number of hydrogen-bond acceptors (Lipinski definition) is 5. The Labute approximate surface area is 197 Å². The van der Waals surface area contributed by atoms with Gasteiger partial charge >= 0.3 is 0 Å². The van der Waals surface area contributed by atoms with Crippen molar-refractivity contribution in [3.8, 4) is 28.3 Å². The zero-order valence-electron chi connectivity index (χ0n) is 19.5. The highest BCUT2D eigenvalue weighted by Crippen LogP contribution is 2.40. The van der Waals surface area contributed by atoms with Crippen LogP contribution in [0.5, 0.6) is 5.75 Å². The van der Waals surface area contributed by atoms with E-state index >= 15 is 0 Å². The molecule has 34 heavy (non-hydrogen) atoms. The van der Waals surface area contributed by atoms with Crippen LogP contribution in [0.2, 0.25) is 0 Å². The predicted octanol–water partition coefficient (Wildman–Crippen LogP) is 4.83. The van der Waals surface area contributed by atoms with Crippen LogP contribution in [0.3, 0.4) is 0 Å². The molecule has 8 heteroatoms. The van der Waals surface area contributed by atoms with Gasteiger partial charge in [0.25, 0.3) is 0 Å². The molecular weight excluding hydrogens is 431 g/mol. The lowest BCUT2D eigenvalue weighted by molar-refractivity contribution is 0.227. The number of ether oxygens (including phenoxy) is 1. The summed E-state index contributed by atoms with van der Waals surface area (Å²) in [6.45, 7) is 4.83. The quantitative estimate of drug-likeness (QED) is 0.465. The van der Waals surface area contributed by atoms with E-state index in [1.54, 1.807) is 12.3 Å². The molecule has 3 aromatic heterocycles. The van der Waals surface area contributed by atoms with Gasteiger partial charge in [-0.2, -0.15) is 10.2 Å². The summed E-state index contributed by atoms with van der Waals surface area (Å²) < 4.78 is 24.6. The Morgan fingerprint density at radius 3 is 2.82 bits per heavy atom. The Morgan fingerprint density at radius 1 is 1.21 bits per heavy atom. The fourth-order valence-electron chi connectivity index (χ4n) is 4.93. The molecule has 1 saturated carbocycles. The lowest BCUT2D eigenvalue weighted by atomic mass is 9.94. The summed E-state index contributed by atoms with van der Waals surface area (Å²) in [4.78, 5) is 4.45. The third-order valence-corrected chi connectivity index (χ3v) is 6.82. The maximum atomic E-state index is 14.3. The first kappa shape index (κ1) is 20.9. The van der Waals surface area contributed by atoms with Crippen LogP contribution in [0.1, 0.15) is 48.3 Å². The molecule has 2 N–H and O–H groups in total. The van der Waals surface area contributed by atoms with Gasteiger partial charge in [0, 0.05) is 60.2 Å². The monoisotopic (exact) mass is 458 g/mol. The first-order valence-electron chi connectivity index (χ1n) is 11.7. The summed E-state index contributed by atoms with van der Waals surface area (Å²) in [6.07, 6.45) is 6.49. The number of aryl methyl sites for hydroxylation is 2. The van der Waals surface area contributed by atoms with Crippen LogP contribution in [0, 0.1) is 18.7 Å². The third-order valence-electron chi connectivity index (χ3n) is 6.82. The molecule has 0 saturated heterocycles. The van der Waals surface area contributed by atoms with Crippen molar-refractivity contribution in [2.24, 2.45) is 13.0 Å². The molecule has 0 amide bonds. The number of halogens is 1. The average Bonchev–Trinajstić information content (AvgIpc) is 3.46. The minimum atomic E-state index is -0.461. The van der Waals surface area contributed by atoms with Crippen molar-refractivity contribution in [2.75, 3.05) is 5.73 Å². The Morgan fingerprint density at radius 2 is 2.03 bits per heavy atom. The number of rotatable bonds is 2. The van der Waals surface area contributed by atoms with Crippen molar-refractivity contribution in [1.82, 2.24) is 24.5 Å². The van der Waals surface area contributed by atoms with Crippen molar-refractivity contribution >= 4 is 5.82 Å². The molecule has 2 aliphatic rings. The predicted molar refractivity (Wildman–Crippen MR) is 128 cm³/mol. The number of nitrogens with zero attached hydrogens (tertiary/aromatic N) is 5. The molecule has 4 aromatic rings. The molecule has 1 aliphatic carbocycles. The number of hydrogen-bond donors (Lipinski definition) is 1. The minimum Gasteiger partial charge on any atom is -0.482 e. The lowest BCUT2D eigenvalue weighted by Crippen LogP contribution is -2.10. The van der Waals surface area contributed by atoms with Crippen LogP contribution < -0.4 is 10.5 Å². The van der Waals surface area contributed by atoms with E-state index in [1.807, 2.05) is 30.9 Å². The van der Waals surface area contributed by atoms with E-state index in [0.29, 0.717) is 29.5 Å². The van der Waals surface area contributed by atoms with E-state index in [4.69, 9.17) is 20.7 Å². The maximum Gasteiger partial charge on any atom is 0.166 e. The van der Waals surface area contributed by atoms with Crippen molar-refractivity contribution in [1.29, 1.82) is 0 Å². The molecule has 6 rings (SSSR count). The van der Waals surface area contributed by atoms with Gasteiger partial charge in [-0.15, -0.1) is 0 Å². The van der Waals surface area contributed by atoms with Gasteiger partial charge in [0.15, 0.2) is 11.6 Å². The minimum absolute atomic E-state index is 0.302. The van der Waals surface area contributed by atoms with Crippen molar-refractivity contribution in [3.05, 3.63) is 64.9 Å². The largest absolute Gasteiger partial charge is 0.482 e. The highest BCUT2D eigenvalue weighted by molar-refractivity contribution is 5.72. The number of anilines is 1. The fraction of sp³-hybridized carbons (Fsp3) is 0.346. The summed E-state index contributed by atoms with van der Waals surface area (Å²) in [7, 11) is 1.91.